The van der Waals surface area contributed by atoms with Gasteiger partial charge >= 0.3 is 0 Å². The number of nitrogens with one attached hydrogen (secondary N) is 1. The molecule has 1 saturated heterocycles. The summed E-state index contributed by atoms with van der Waals surface area (Å²) in [5.41, 5.74) is 3.23. The number of carbonyl (C=O) groups is 2. The predicted octanol–water partition coefficient (Wildman–Crippen LogP) is 2.59. The summed E-state index contributed by atoms with van der Waals surface area (Å²) in [5, 5.41) is 2.91. The summed E-state index contributed by atoms with van der Waals surface area (Å²) in [4.78, 5) is 26.2. The number of hydrogen-bond donors (Lipinski definition) is 1. The number of amides is 2. The molecule has 1 aliphatic heterocycles. The van der Waals surface area contributed by atoms with Crippen LogP contribution in [-0.2, 0) is 14.3 Å². The first-order chi connectivity index (χ1) is 11.4. The maximum atomic E-state index is 12.3. The van der Waals surface area contributed by atoms with Crippen LogP contribution in [0.5, 0.6) is 0 Å². The molecule has 0 radical (unpaired) electrons. The van der Waals surface area contributed by atoms with Gasteiger partial charge in [0.15, 0.2) is 0 Å². The van der Waals surface area contributed by atoms with E-state index in [-0.39, 0.29) is 30.3 Å². The lowest BCUT2D eigenvalue weighted by molar-refractivity contribution is -0.126. The first kappa shape index (κ1) is 18.5. The lowest BCUT2D eigenvalue weighted by Crippen LogP contribution is -2.34. The summed E-state index contributed by atoms with van der Waals surface area (Å²) in [7, 11) is 0. The molecule has 0 aliphatic carbocycles. The van der Waals surface area contributed by atoms with Gasteiger partial charge < -0.3 is 15.0 Å². The van der Waals surface area contributed by atoms with Crippen molar-refractivity contribution in [2.24, 2.45) is 5.92 Å². The van der Waals surface area contributed by atoms with E-state index in [1.54, 1.807) is 4.90 Å². The molecule has 1 heterocycles. The standard InChI is InChI=1S/C19H28N2O3/c1-13(2)24-9-5-8-20-19(23)16-11-18(22)21(12-16)17-7-6-14(3)15(4)10-17/h6-7,10,13,16H,5,8-9,11-12H2,1-4H3,(H,20,23)/t16-/m0/s1. The van der Waals surface area contributed by atoms with Crippen molar-refractivity contribution in [3.63, 3.8) is 0 Å². The fraction of sp³-hybridized carbons (Fsp3) is 0.579. The molecule has 1 fully saturated rings. The van der Waals surface area contributed by atoms with Crippen LogP contribution in [0.15, 0.2) is 18.2 Å². The van der Waals surface area contributed by atoms with Crippen LogP contribution in [0.1, 0.15) is 37.8 Å². The van der Waals surface area contributed by atoms with E-state index in [9.17, 15) is 9.59 Å². The summed E-state index contributed by atoms with van der Waals surface area (Å²) in [6.45, 7) is 9.73. The van der Waals surface area contributed by atoms with E-state index in [0.717, 1.165) is 17.7 Å². The fourth-order valence-corrected chi connectivity index (χ4v) is 2.77. The van der Waals surface area contributed by atoms with E-state index >= 15 is 0 Å². The molecule has 5 heteroatoms. The predicted molar refractivity (Wildman–Crippen MR) is 95.1 cm³/mol. The molecule has 1 aromatic carbocycles. The third-order valence-electron chi connectivity index (χ3n) is 4.37. The van der Waals surface area contributed by atoms with E-state index in [4.69, 9.17) is 4.74 Å². The number of nitrogens with zero attached hydrogens (tertiary/aromatic N) is 1. The molecule has 0 saturated carbocycles. The molecule has 0 unspecified atom stereocenters. The van der Waals surface area contributed by atoms with Crippen molar-refractivity contribution in [3.05, 3.63) is 29.3 Å². The van der Waals surface area contributed by atoms with Crippen LogP contribution in [-0.4, -0.2) is 37.6 Å². The van der Waals surface area contributed by atoms with Crippen molar-refractivity contribution in [1.82, 2.24) is 5.32 Å². The molecule has 1 aromatic rings. The van der Waals surface area contributed by atoms with Crippen molar-refractivity contribution < 1.29 is 14.3 Å². The molecule has 1 atom stereocenters. The zero-order chi connectivity index (χ0) is 17.7. The number of carbonyl (C=O) groups excluding carboxylic acids is 2. The highest BCUT2D eigenvalue weighted by Gasteiger charge is 2.34. The first-order valence-electron chi connectivity index (χ1n) is 8.65. The van der Waals surface area contributed by atoms with Gasteiger partial charge in [-0.25, -0.2) is 0 Å². The highest BCUT2D eigenvalue weighted by molar-refractivity contribution is 6.00. The second kappa shape index (κ2) is 8.29. The number of benzene rings is 1. The summed E-state index contributed by atoms with van der Waals surface area (Å²) in [6, 6.07) is 5.97. The lowest BCUT2D eigenvalue weighted by Gasteiger charge is -2.18. The molecule has 1 aliphatic rings. The Morgan fingerprint density at radius 3 is 2.75 bits per heavy atom. The van der Waals surface area contributed by atoms with Crippen LogP contribution in [0.4, 0.5) is 5.69 Å². The second-order valence-electron chi connectivity index (χ2n) is 6.74. The normalized spacial score (nSPS) is 17.6. The van der Waals surface area contributed by atoms with Crippen molar-refractivity contribution in [2.45, 2.75) is 46.6 Å². The third-order valence-corrected chi connectivity index (χ3v) is 4.37. The molecule has 132 valence electrons. The van der Waals surface area contributed by atoms with Crippen LogP contribution < -0.4 is 10.2 Å². The second-order valence-corrected chi connectivity index (χ2v) is 6.74. The Bertz CT molecular complexity index is 598. The van der Waals surface area contributed by atoms with Crippen LogP contribution in [0.3, 0.4) is 0 Å². The monoisotopic (exact) mass is 332 g/mol. The molecular weight excluding hydrogens is 304 g/mol. The van der Waals surface area contributed by atoms with Gasteiger partial charge in [0.05, 0.1) is 12.0 Å². The van der Waals surface area contributed by atoms with E-state index in [0.29, 0.717) is 19.7 Å². The van der Waals surface area contributed by atoms with Crippen molar-refractivity contribution >= 4 is 17.5 Å². The Labute approximate surface area is 144 Å². The Balaban J connectivity index is 1.85. The molecule has 5 nitrogen and oxygen atoms in total. The van der Waals surface area contributed by atoms with Gasteiger partial charge in [0.25, 0.3) is 0 Å². The molecule has 0 spiro atoms. The largest absolute Gasteiger partial charge is 0.379 e. The lowest BCUT2D eigenvalue weighted by atomic mass is 10.1. The van der Waals surface area contributed by atoms with Gasteiger partial charge in [-0.2, -0.15) is 0 Å². The van der Waals surface area contributed by atoms with Gasteiger partial charge in [-0.15, -0.1) is 0 Å². The fourth-order valence-electron chi connectivity index (χ4n) is 2.77. The van der Waals surface area contributed by atoms with Crippen molar-refractivity contribution in [2.75, 3.05) is 24.6 Å². The van der Waals surface area contributed by atoms with Gasteiger partial charge in [0.1, 0.15) is 0 Å². The maximum absolute atomic E-state index is 12.3. The average Bonchev–Trinajstić information content (AvgIpc) is 2.91. The zero-order valence-electron chi connectivity index (χ0n) is 15.1. The van der Waals surface area contributed by atoms with Crippen LogP contribution in [0, 0.1) is 19.8 Å². The van der Waals surface area contributed by atoms with Gasteiger partial charge in [-0.05, 0) is 57.4 Å². The van der Waals surface area contributed by atoms with E-state index in [1.165, 1.54) is 5.56 Å². The van der Waals surface area contributed by atoms with Crippen LogP contribution in [0.25, 0.3) is 0 Å². The quantitative estimate of drug-likeness (QED) is 0.781. The summed E-state index contributed by atoms with van der Waals surface area (Å²) in [5.74, 6) is -0.300. The number of rotatable bonds is 7. The van der Waals surface area contributed by atoms with Crippen molar-refractivity contribution in [1.29, 1.82) is 0 Å². The van der Waals surface area contributed by atoms with Crippen LogP contribution in [0.2, 0.25) is 0 Å². The highest BCUT2D eigenvalue weighted by atomic mass is 16.5. The number of hydrogen-bond acceptors (Lipinski definition) is 3. The molecule has 2 rings (SSSR count). The Morgan fingerprint density at radius 2 is 2.08 bits per heavy atom. The minimum atomic E-state index is -0.273. The Kier molecular flexibility index (Phi) is 6.37. The summed E-state index contributed by atoms with van der Waals surface area (Å²) < 4.78 is 5.45. The van der Waals surface area contributed by atoms with Gasteiger partial charge in [-0.1, -0.05) is 6.07 Å². The topological polar surface area (TPSA) is 58.6 Å². The smallest absolute Gasteiger partial charge is 0.227 e. The minimum absolute atomic E-state index is 0.0153. The van der Waals surface area contributed by atoms with Gasteiger partial charge in [-0.3, -0.25) is 9.59 Å². The third kappa shape index (κ3) is 4.81. The maximum Gasteiger partial charge on any atom is 0.227 e. The highest BCUT2D eigenvalue weighted by Crippen LogP contribution is 2.26. The SMILES string of the molecule is Cc1ccc(N2C[C@@H](C(=O)NCCCOC(C)C)CC2=O)cc1C. The minimum Gasteiger partial charge on any atom is -0.379 e. The number of anilines is 1. The van der Waals surface area contributed by atoms with Crippen molar-refractivity contribution in [3.8, 4) is 0 Å². The Morgan fingerprint density at radius 1 is 1.33 bits per heavy atom. The summed E-state index contributed by atoms with van der Waals surface area (Å²) in [6.07, 6.45) is 1.27. The van der Waals surface area contributed by atoms with Gasteiger partial charge in [0, 0.05) is 31.8 Å². The van der Waals surface area contributed by atoms with E-state index in [1.807, 2.05) is 45.9 Å². The van der Waals surface area contributed by atoms with E-state index in [2.05, 4.69) is 5.32 Å². The molecular formula is C19H28N2O3. The Hall–Kier alpha value is -1.88. The van der Waals surface area contributed by atoms with Crippen LogP contribution >= 0.6 is 0 Å². The summed E-state index contributed by atoms with van der Waals surface area (Å²) >= 11 is 0. The molecule has 2 amide bonds. The molecule has 24 heavy (non-hydrogen) atoms. The number of aryl methyl sites for hydroxylation is 2. The van der Waals surface area contributed by atoms with Gasteiger partial charge in [0.2, 0.25) is 11.8 Å². The molecule has 0 bridgehead atoms. The zero-order valence-corrected chi connectivity index (χ0v) is 15.1. The van der Waals surface area contributed by atoms with E-state index < -0.39 is 0 Å². The first-order valence-corrected chi connectivity index (χ1v) is 8.65. The average molecular weight is 332 g/mol. The number of ether oxygens (including phenoxy) is 1. The molecule has 0 aromatic heterocycles. The molecule has 1 N–H and O–H groups in total.